The molecule has 0 heterocycles. The Kier molecular flexibility index (Phi) is 7.86. The summed E-state index contributed by atoms with van der Waals surface area (Å²) in [7, 11) is 0. The molecule has 0 saturated heterocycles. The minimum atomic E-state index is -0.957. The lowest BCUT2D eigenvalue weighted by atomic mass is 10.1. The number of para-hydroxylation sites is 5. The number of rotatable bonds is 9. The summed E-state index contributed by atoms with van der Waals surface area (Å²) in [6.45, 7) is 2.09. The number of benzene rings is 3. The van der Waals surface area contributed by atoms with Crippen LogP contribution in [0, 0.1) is 20.2 Å². The van der Waals surface area contributed by atoms with Crippen LogP contribution in [0.15, 0.2) is 78.4 Å². The van der Waals surface area contributed by atoms with Gasteiger partial charge in [0, 0.05) is 17.7 Å². The van der Waals surface area contributed by atoms with Crippen molar-refractivity contribution in [2.45, 2.75) is 6.92 Å². The largest absolute Gasteiger partial charge is 0.493 e. The van der Waals surface area contributed by atoms with Gasteiger partial charge >= 0.3 is 0 Å². The van der Waals surface area contributed by atoms with E-state index in [0.717, 1.165) is 0 Å². The number of amides is 2. The van der Waals surface area contributed by atoms with Crippen LogP contribution in [0.5, 0.6) is 5.75 Å². The minimum Gasteiger partial charge on any atom is -0.493 e. The fourth-order valence-corrected chi connectivity index (χ4v) is 3.13. The Morgan fingerprint density at radius 3 is 1.74 bits per heavy atom. The Labute approximate surface area is 199 Å². The summed E-state index contributed by atoms with van der Waals surface area (Å²) < 4.78 is 5.55. The predicted octanol–water partition coefficient (Wildman–Crippen LogP) is 4.56. The fourth-order valence-electron chi connectivity index (χ4n) is 3.13. The van der Waals surface area contributed by atoms with Crippen molar-refractivity contribution in [2.75, 3.05) is 17.2 Å². The van der Waals surface area contributed by atoms with Gasteiger partial charge in [-0.05, 0) is 31.2 Å². The van der Waals surface area contributed by atoms with Crippen LogP contribution in [0.2, 0.25) is 0 Å². The van der Waals surface area contributed by atoms with Gasteiger partial charge in [0.25, 0.3) is 23.2 Å². The van der Waals surface area contributed by atoms with Crippen molar-refractivity contribution in [3.8, 4) is 5.75 Å². The third-order valence-electron chi connectivity index (χ3n) is 4.71. The Morgan fingerprint density at radius 2 is 1.26 bits per heavy atom. The summed E-state index contributed by atoms with van der Waals surface area (Å²) in [6.07, 6.45) is 1.25. The molecule has 0 spiro atoms. The fraction of sp³-hybridized carbons (Fsp3) is 0.0833. The van der Waals surface area contributed by atoms with Gasteiger partial charge in [-0.2, -0.15) is 0 Å². The Balaban J connectivity index is 2.04. The smallest absolute Gasteiger partial charge is 0.292 e. The minimum absolute atomic E-state index is 0.120. The Morgan fingerprint density at radius 1 is 0.800 bits per heavy atom. The second kappa shape index (κ2) is 11.2. The molecule has 0 atom stereocenters. The van der Waals surface area contributed by atoms with Gasteiger partial charge in [-0.1, -0.05) is 42.5 Å². The SMILES string of the molecule is CCOc1ccccc1C=C(C(=O)Nc1ccccc1[N+](=O)[O-])C(=O)Nc1ccccc1[N+](=O)[O-]. The molecule has 0 bridgehead atoms. The molecule has 0 saturated carbocycles. The zero-order valence-electron chi connectivity index (χ0n) is 18.5. The van der Waals surface area contributed by atoms with Crippen LogP contribution < -0.4 is 15.4 Å². The molecule has 3 aromatic carbocycles. The standard InChI is InChI=1S/C24H20N4O7/c1-2-35-22-14-8-3-9-16(22)15-17(23(29)25-18-10-4-6-12-20(18)27(31)32)24(30)26-19-11-5-7-13-21(19)28(33)34/h3-15H,2H2,1H3,(H,25,29)(H,26,30). The van der Waals surface area contributed by atoms with Gasteiger partial charge in [0.2, 0.25) is 0 Å². The average molecular weight is 476 g/mol. The molecule has 0 fully saturated rings. The van der Waals surface area contributed by atoms with E-state index >= 15 is 0 Å². The van der Waals surface area contributed by atoms with E-state index in [9.17, 15) is 29.8 Å². The van der Waals surface area contributed by atoms with Crippen molar-refractivity contribution in [3.63, 3.8) is 0 Å². The lowest BCUT2D eigenvalue weighted by molar-refractivity contribution is -0.384. The van der Waals surface area contributed by atoms with Gasteiger partial charge < -0.3 is 15.4 Å². The summed E-state index contributed by atoms with van der Waals surface area (Å²) in [5.74, 6) is -1.52. The normalized spacial score (nSPS) is 10.1. The molecule has 11 heteroatoms. The first-order chi connectivity index (χ1) is 16.8. The number of hydrogen-bond acceptors (Lipinski definition) is 7. The molecule has 178 valence electrons. The molecule has 2 amide bonds. The van der Waals surface area contributed by atoms with Crippen molar-refractivity contribution in [2.24, 2.45) is 0 Å². The third kappa shape index (κ3) is 6.05. The summed E-state index contributed by atoms with van der Waals surface area (Å²) in [5, 5.41) is 27.4. The highest BCUT2D eigenvalue weighted by Gasteiger charge is 2.24. The van der Waals surface area contributed by atoms with Crippen LogP contribution in [0.25, 0.3) is 6.08 Å². The van der Waals surface area contributed by atoms with Crippen molar-refractivity contribution < 1.29 is 24.2 Å². The van der Waals surface area contributed by atoms with Crippen LogP contribution in [0.3, 0.4) is 0 Å². The highest BCUT2D eigenvalue weighted by atomic mass is 16.6. The maximum Gasteiger partial charge on any atom is 0.292 e. The number of nitrogens with zero attached hydrogens (tertiary/aromatic N) is 2. The third-order valence-corrected chi connectivity index (χ3v) is 4.71. The zero-order chi connectivity index (χ0) is 25.4. The number of nitro groups is 2. The summed E-state index contributed by atoms with van der Waals surface area (Å²) in [4.78, 5) is 47.7. The van der Waals surface area contributed by atoms with Crippen LogP contribution in [-0.2, 0) is 9.59 Å². The predicted molar refractivity (Wildman–Crippen MR) is 129 cm³/mol. The number of carbonyl (C=O) groups is 2. The first-order valence-electron chi connectivity index (χ1n) is 10.3. The molecule has 0 aliphatic carbocycles. The van der Waals surface area contributed by atoms with Crippen molar-refractivity contribution in [3.05, 3.63) is 104 Å². The van der Waals surface area contributed by atoms with E-state index in [4.69, 9.17) is 4.74 Å². The number of anilines is 2. The maximum atomic E-state index is 13.2. The van der Waals surface area contributed by atoms with Gasteiger partial charge in [0.15, 0.2) is 0 Å². The van der Waals surface area contributed by atoms with E-state index < -0.39 is 27.2 Å². The van der Waals surface area contributed by atoms with E-state index in [2.05, 4.69) is 10.6 Å². The van der Waals surface area contributed by atoms with Crippen LogP contribution in [0.4, 0.5) is 22.7 Å². The van der Waals surface area contributed by atoms with Crippen molar-refractivity contribution >= 4 is 40.6 Å². The first-order valence-corrected chi connectivity index (χ1v) is 10.3. The number of carbonyl (C=O) groups excluding carboxylic acids is 2. The Bertz CT molecular complexity index is 1250. The van der Waals surface area contributed by atoms with Crippen LogP contribution in [-0.4, -0.2) is 28.3 Å². The summed E-state index contributed by atoms with van der Waals surface area (Å²) in [6, 6.07) is 17.5. The second-order valence-corrected chi connectivity index (χ2v) is 6.99. The number of hydrogen-bond donors (Lipinski definition) is 2. The summed E-state index contributed by atoms with van der Waals surface area (Å²) >= 11 is 0. The molecule has 2 N–H and O–H groups in total. The van der Waals surface area contributed by atoms with Crippen molar-refractivity contribution in [1.82, 2.24) is 0 Å². The van der Waals surface area contributed by atoms with Gasteiger partial charge in [0.05, 0.1) is 16.5 Å². The molecule has 0 aliphatic rings. The maximum absolute atomic E-state index is 13.2. The highest BCUT2D eigenvalue weighted by Crippen LogP contribution is 2.27. The monoisotopic (exact) mass is 476 g/mol. The highest BCUT2D eigenvalue weighted by molar-refractivity contribution is 6.29. The van der Waals surface area contributed by atoms with Crippen LogP contribution >= 0.6 is 0 Å². The Hall–Kier alpha value is -5.06. The molecular weight excluding hydrogens is 456 g/mol. The molecule has 0 unspecified atom stereocenters. The molecule has 3 aromatic rings. The van der Waals surface area contributed by atoms with Gasteiger partial charge in [-0.3, -0.25) is 29.8 Å². The van der Waals surface area contributed by atoms with Crippen molar-refractivity contribution in [1.29, 1.82) is 0 Å². The molecule has 35 heavy (non-hydrogen) atoms. The van der Waals surface area contributed by atoms with E-state index in [-0.39, 0.29) is 22.7 Å². The first kappa shape index (κ1) is 24.6. The van der Waals surface area contributed by atoms with E-state index in [0.29, 0.717) is 17.9 Å². The molecule has 11 nitrogen and oxygen atoms in total. The molecule has 0 radical (unpaired) electrons. The van der Waals surface area contributed by atoms with Gasteiger partial charge in [-0.15, -0.1) is 0 Å². The molecule has 3 rings (SSSR count). The lowest BCUT2D eigenvalue weighted by Gasteiger charge is -2.12. The quantitative estimate of drug-likeness (QED) is 0.151. The number of nitro benzene ring substituents is 2. The topological polar surface area (TPSA) is 154 Å². The van der Waals surface area contributed by atoms with Gasteiger partial charge in [0.1, 0.15) is 22.7 Å². The van der Waals surface area contributed by atoms with Crippen LogP contribution in [0.1, 0.15) is 12.5 Å². The molecule has 0 aliphatic heterocycles. The van der Waals surface area contributed by atoms with E-state index in [1.165, 1.54) is 54.6 Å². The zero-order valence-corrected chi connectivity index (χ0v) is 18.5. The summed E-state index contributed by atoms with van der Waals surface area (Å²) in [5.41, 5.74) is -1.04. The average Bonchev–Trinajstić information content (AvgIpc) is 2.84. The van der Waals surface area contributed by atoms with E-state index in [1.807, 2.05) is 0 Å². The lowest BCUT2D eigenvalue weighted by Crippen LogP contribution is -2.26. The number of nitrogens with one attached hydrogen (secondary N) is 2. The molecule has 0 aromatic heterocycles. The number of ether oxygens (including phenoxy) is 1. The van der Waals surface area contributed by atoms with E-state index in [1.54, 1.807) is 31.2 Å². The molecular formula is C24H20N4O7. The second-order valence-electron chi connectivity index (χ2n) is 6.99. The van der Waals surface area contributed by atoms with Gasteiger partial charge in [-0.25, -0.2) is 0 Å².